The number of unbranched alkanes of at least 4 members (excludes halogenated alkanes) is 2. The van der Waals surface area contributed by atoms with E-state index in [1.807, 2.05) is 20.8 Å². The zero-order valence-corrected chi connectivity index (χ0v) is 18.2. The Morgan fingerprint density at radius 3 is 2.37 bits per heavy atom. The quantitative estimate of drug-likeness (QED) is 0.474. The molecular formula is C21H34ClNO4. The Labute approximate surface area is 168 Å². The van der Waals surface area contributed by atoms with E-state index in [4.69, 9.17) is 25.8 Å². The Bertz CT molecular complexity index is 606. The van der Waals surface area contributed by atoms with Crippen LogP contribution in [-0.4, -0.2) is 37.9 Å². The van der Waals surface area contributed by atoms with Crippen molar-refractivity contribution in [1.82, 2.24) is 0 Å². The Hall–Kier alpha value is -1.30. The molecule has 0 aliphatic rings. The molecule has 1 N–H and O–H groups in total. The highest BCUT2D eigenvalue weighted by molar-refractivity contribution is 6.32. The van der Waals surface area contributed by atoms with Crippen LogP contribution < -0.4 is 10.1 Å². The van der Waals surface area contributed by atoms with Crippen molar-refractivity contribution in [1.29, 1.82) is 0 Å². The van der Waals surface area contributed by atoms with E-state index in [9.17, 15) is 4.79 Å². The van der Waals surface area contributed by atoms with Gasteiger partial charge < -0.3 is 19.5 Å². The van der Waals surface area contributed by atoms with Crippen LogP contribution >= 0.6 is 11.6 Å². The molecule has 6 heteroatoms. The predicted octanol–water partition coefficient (Wildman–Crippen LogP) is 5.46. The summed E-state index contributed by atoms with van der Waals surface area (Å²) >= 11 is 6.31. The highest BCUT2D eigenvalue weighted by Gasteiger charge is 2.32. The highest BCUT2D eigenvalue weighted by Crippen LogP contribution is 2.29. The summed E-state index contributed by atoms with van der Waals surface area (Å²) in [5, 5.41) is 3.35. The van der Waals surface area contributed by atoms with E-state index < -0.39 is 5.60 Å². The van der Waals surface area contributed by atoms with Gasteiger partial charge in [0.2, 0.25) is 0 Å². The van der Waals surface area contributed by atoms with E-state index in [1.54, 1.807) is 32.4 Å². The summed E-state index contributed by atoms with van der Waals surface area (Å²) < 4.78 is 16.6. The van der Waals surface area contributed by atoms with Crippen molar-refractivity contribution < 1.29 is 19.0 Å². The molecular weight excluding hydrogens is 366 g/mol. The zero-order valence-electron chi connectivity index (χ0n) is 17.5. The van der Waals surface area contributed by atoms with Crippen molar-refractivity contribution >= 4 is 23.2 Å². The lowest BCUT2D eigenvalue weighted by atomic mass is 9.97. The summed E-state index contributed by atoms with van der Waals surface area (Å²) in [6.45, 7) is 8.44. The fraction of sp³-hybridized carbons (Fsp3) is 0.667. The number of ether oxygens (including phenoxy) is 3. The first-order valence-electron chi connectivity index (χ1n) is 9.51. The van der Waals surface area contributed by atoms with Crippen molar-refractivity contribution in [3.8, 4) is 5.75 Å². The van der Waals surface area contributed by atoms with Gasteiger partial charge in [-0.1, -0.05) is 37.8 Å². The minimum atomic E-state index is -0.859. The molecule has 1 rings (SSSR count). The largest absolute Gasteiger partial charge is 0.492 e. The normalized spacial score (nSPS) is 13.9. The number of rotatable bonds is 12. The number of amides is 1. The SMILES string of the molecule is CCCCC[C@](C)(OC)C(=O)Nc1ccc(OCCC(C)(C)OC)c(Cl)c1. The van der Waals surface area contributed by atoms with E-state index >= 15 is 0 Å². The third-order valence-electron chi connectivity index (χ3n) is 4.89. The summed E-state index contributed by atoms with van der Waals surface area (Å²) in [7, 11) is 3.25. The Kier molecular flexibility index (Phi) is 9.57. The second kappa shape index (κ2) is 10.9. The number of halogens is 1. The molecule has 27 heavy (non-hydrogen) atoms. The van der Waals surface area contributed by atoms with Crippen LogP contribution in [0.2, 0.25) is 5.02 Å². The first kappa shape index (κ1) is 23.7. The topological polar surface area (TPSA) is 56.8 Å². The van der Waals surface area contributed by atoms with E-state index in [0.717, 1.165) is 25.7 Å². The number of anilines is 1. The summed E-state index contributed by atoms with van der Waals surface area (Å²) in [6, 6.07) is 5.24. The molecule has 0 aliphatic carbocycles. The van der Waals surface area contributed by atoms with Gasteiger partial charge in [0.1, 0.15) is 11.4 Å². The molecule has 0 radical (unpaired) electrons. The monoisotopic (exact) mass is 399 g/mol. The van der Waals surface area contributed by atoms with Gasteiger partial charge in [-0.05, 0) is 45.4 Å². The van der Waals surface area contributed by atoms with E-state index in [0.29, 0.717) is 29.5 Å². The fourth-order valence-corrected chi connectivity index (χ4v) is 2.72. The minimum Gasteiger partial charge on any atom is -0.492 e. The lowest BCUT2D eigenvalue weighted by Crippen LogP contribution is -2.41. The van der Waals surface area contributed by atoms with E-state index in [1.165, 1.54) is 0 Å². The van der Waals surface area contributed by atoms with E-state index in [2.05, 4.69) is 12.2 Å². The number of hydrogen-bond acceptors (Lipinski definition) is 4. The highest BCUT2D eigenvalue weighted by atomic mass is 35.5. The van der Waals surface area contributed by atoms with Gasteiger partial charge >= 0.3 is 0 Å². The number of benzene rings is 1. The summed E-state index contributed by atoms with van der Waals surface area (Å²) in [5.74, 6) is 0.409. The van der Waals surface area contributed by atoms with Crippen molar-refractivity contribution in [2.24, 2.45) is 0 Å². The molecule has 0 aromatic heterocycles. The Morgan fingerprint density at radius 1 is 1.11 bits per heavy atom. The molecule has 1 amide bonds. The smallest absolute Gasteiger partial charge is 0.256 e. The van der Waals surface area contributed by atoms with Crippen LogP contribution in [0.5, 0.6) is 5.75 Å². The van der Waals surface area contributed by atoms with Crippen molar-refractivity contribution in [3.05, 3.63) is 23.2 Å². The van der Waals surface area contributed by atoms with Crippen LogP contribution in [0.4, 0.5) is 5.69 Å². The van der Waals surface area contributed by atoms with Crippen LogP contribution in [0.3, 0.4) is 0 Å². The molecule has 5 nitrogen and oxygen atoms in total. The number of methoxy groups -OCH3 is 2. The van der Waals surface area contributed by atoms with Crippen molar-refractivity contribution in [3.63, 3.8) is 0 Å². The molecule has 1 atom stereocenters. The van der Waals surface area contributed by atoms with Gasteiger partial charge in [-0.2, -0.15) is 0 Å². The maximum atomic E-state index is 12.6. The van der Waals surface area contributed by atoms with Gasteiger partial charge in [-0.25, -0.2) is 0 Å². The maximum absolute atomic E-state index is 12.6. The summed E-state index contributed by atoms with van der Waals surface area (Å²) in [4.78, 5) is 12.6. The molecule has 0 aliphatic heterocycles. The van der Waals surface area contributed by atoms with Gasteiger partial charge in [0.25, 0.3) is 5.91 Å². The summed E-state index contributed by atoms with van der Waals surface area (Å²) in [6.07, 6.45) is 4.53. The van der Waals surface area contributed by atoms with Crippen molar-refractivity contribution in [2.45, 2.75) is 71.0 Å². The van der Waals surface area contributed by atoms with E-state index in [-0.39, 0.29) is 11.5 Å². The fourth-order valence-electron chi connectivity index (χ4n) is 2.49. The second-order valence-corrected chi connectivity index (χ2v) is 7.96. The minimum absolute atomic E-state index is 0.173. The molecule has 1 aromatic rings. The molecule has 0 fully saturated rings. The first-order valence-corrected chi connectivity index (χ1v) is 9.89. The maximum Gasteiger partial charge on any atom is 0.256 e. The predicted molar refractivity (Wildman–Crippen MR) is 111 cm³/mol. The van der Waals surface area contributed by atoms with Gasteiger partial charge in [0, 0.05) is 26.3 Å². The third kappa shape index (κ3) is 7.68. The number of carbonyl (C=O) groups is 1. The van der Waals surface area contributed by atoms with Crippen LogP contribution in [0.25, 0.3) is 0 Å². The second-order valence-electron chi connectivity index (χ2n) is 7.55. The molecule has 1 aromatic carbocycles. The Balaban J connectivity index is 2.68. The van der Waals surface area contributed by atoms with Crippen LogP contribution in [0.1, 0.15) is 59.8 Å². The first-order chi connectivity index (χ1) is 12.7. The number of hydrogen-bond donors (Lipinski definition) is 1. The third-order valence-corrected chi connectivity index (χ3v) is 5.19. The van der Waals surface area contributed by atoms with Gasteiger partial charge in [0.15, 0.2) is 0 Å². The standard InChI is InChI=1S/C21H34ClNO4/c1-7-8-9-12-21(4,26-6)19(24)23-16-10-11-18(17(22)15-16)27-14-13-20(2,3)25-5/h10-11,15H,7-9,12-14H2,1-6H3,(H,23,24)/t21-/m0/s1. The van der Waals surface area contributed by atoms with Crippen LogP contribution in [0, 0.1) is 0 Å². The number of nitrogens with one attached hydrogen (secondary N) is 1. The zero-order chi connectivity index (χ0) is 20.5. The molecule has 0 heterocycles. The van der Waals surface area contributed by atoms with Crippen molar-refractivity contribution in [2.75, 3.05) is 26.1 Å². The molecule has 0 unspecified atom stereocenters. The van der Waals surface area contributed by atoms with Gasteiger partial charge in [0.05, 0.1) is 17.2 Å². The number of carbonyl (C=O) groups excluding carboxylic acids is 1. The molecule has 0 saturated heterocycles. The van der Waals surface area contributed by atoms with Crippen LogP contribution in [0.15, 0.2) is 18.2 Å². The van der Waals surface area contributed by atoms with Gasteiger partial charge in [-0.3, -0.25) is 4.79 Å². The lowest BCUT2D eigenvalue weighted by molar-refractivity contribution is -0.136. The Morgan fingerprint density at radius 2 is 1.81 bits per heavy atom. The molecule has 154 valence electrons. The average molecular weight is 400 g/mol. The van der Waals surface area contributed by atoms with Gasteiger partial charge in [-0.15, -0.1) is 0 Å². The molecule has 0 saturated carbocycles. The summed E-state index contributed by atoms with van der Waals surface area (Å²) in [5.41, 5.74) is -0.487. The average Bonchev–Trinajstić information content (AvgIpc) is 2.63. The lowest BCUT2D eigenvalue weighted by Gasteiger charge is -2.27. The molecule has 0 spiro atoms. The molecule has 0 bridgehead atoms. The van der Waals surface area contributed by atoms with Crippen LogP contribution in [-0.2, 0) is 14.3 Å².